The second-order valence-corrected chi connectivity index (χ2v) is 7.39. The van der Waals surface area contributed by atoms with Crippen molar-refractivity contribution in [2.75, 3.05) is 0 Å². The summed E-state index contributed by atoms with van der Waals surface area (Å²) in [5, 5.41) is 23.3. The van der Waals surface area contributed by atoms with Crippen LogP contribution in [0.3, 0.4) is 0 Å². The fraction of sp³-hybridized carbons (Fsp3) is 0.0833. The predicted octanol–water partition coefficient (Wildman–Crippen LogP) is 5.19. The van der Waals surface area contributed by atoms with Gasteiger partial charge in [-0.1, -0.05) is 60.7 Å². The van der Waals surface area contributed by atoms with Crippen LogP contribution < -0.4 is 9.47 Å². The van der Waals surface area contributed by atoms with Gasteiger partial charge in [0.15, 0.2) is 0 Å². The van der Waals surface area contributed by atoms with Gasteiger partial charge in [-0.25, -0.2) is 0 Å². The molecular formula is C24H16N2O6. The maximum absolute atomic E-state index is 11.7. The number of hydrogen-bond acceptors (Lipinski definition) is 6. The van der Waals surface area contributed by atoms with Crippen LogP contribution in [0.2, 0.25) is 0 Å². The monoisotopic (exact) mass is 428 g/mol. The number of rotatable bonds is 4. The molecular weight excluding hydrogens is 412 g/mol. The van der Waals surface area contributed by atoms with E-state index in [0.29, 0.717) is 33.8 Å². The molecule has 0 aromatic heterocycles. The Morgan fingerprint density at radius 3 is 1.34 bits per heavy atom. The lowest BCUT2D eigenvalue weighted by Gasteiger charge is -2.24. The molecule has 0 saturated heterocycles. The number of para-hydroxylation sites is 2. The molecule has 3 aromatic rings. The van der Waals surface area contributed by atoms with Crippen molar-refractivity contribution in [2.24, 2.45) is 0 Å². The highest BCUT2D eigenvalue weighted by molar-refractivity contribution is 5.63. The average Bonchev–Trinajstić information content (AvgIpc) is 2.82. The van der Waals surface area contributed by atoms with Crippen molar-refractivity contribution in [3.05, 3.63) is 127 Å². The highest BCUT2D eigenvalue weighted by atomic mass is 16.6. The summed E-state index contributed by atoms with van der Waals surface area (Å²) in [6, 6.07) is 20.9. The van der Waals surface area contributed by atoms with Gasteiger partial charge in [-0.3, -0.25) is 20.2 Å². The molecule has 0 fully saturated rings. The van der Waals surface area contributed by atoms with Gasteiger partial charge >= 0.3 is 0 Å². The number of fused-ring (bicyclic) bond motifs is 2. The average molecular weight is 428 g/mol. The molecule has 0 bridgehead atoms. The number of nitrogens with zero attached hydrogens (tertiary/aromatic N) is 2. The van der Waals surface area contributed by atoms with Crippen LogP contribution in [0, 0.1) is 20.2 Å². The summed E-state index contributed by atoms with van der Waals surface area (Å²) in [4.78, 5) is 22.4. The van der Waals surface area contributed by atoms with Gasteiger partial charge in [0.05, 0.1) is 9.85 Å². The minimum Gasteiger partial charge on any atom is -0.474 e. The van der Waals surface area contributed by atoms with Crippen molar-refractivity contribution in [1.29, 1.82) is 0 Å². The van der Waals surface area contributed by atoms with Crippen molar-refractivity contribution >= 4 is 12.2 Å². The fourth-order valence-electron chi connectivity index (χ4n) is 3.88. The molecule has 3 aromatic carbocycles. The van der Waals surface area contributed by atoms with Crippen molar-refractivity contribution in [1.82, 2.24) is 0 Å². The molecule has 2 aliphatic rings. The summed E-state index contributed by atoms with van der Waals surface area (Å²) in [6.45, 7) is 0. The first kappa shape index (κ1) is 19.5. The molecule has 0 amide bonds. The van der Waals surface area contributed by atoms with E-state index >= 15 is 0 Å². The summed E-state index contributed by atoms with van der Waals surface area (Å²) >= 11 is 0. The Hall–Kier alpha value is -4.46. The first-order chi connectivity index (χ1) is 15.5. The predicted molar refractivity (Wildman–Crippen MR) is 116 cm³/mol. The molecule has 0 unspecified atom stereocenters. The summed E-state index contributed by atoms with van der Waals surface area (Å²) in [6.07, 6.45) is 1.22. The minimum absolute atomic E-state index is 0.0785. The van der Waals surface area contributed by atoms with Gasteiger partial charge in [0.25, 0.3) is 11.4 Å². The van der Waals surface area contributed by atoms with E-state index in [2.05, 4.69) is 0 Å². The topological polar surface area (TPSA) is 105 Å². The van der Waals surface area contributed by atoms with E-state index in [1.807, 2.05) is 0 Å². The maximum atomic E-state index is 11.7. The Balaban J connectivity index is 1.48. The van der Waals surface area contributed by atoms with Crippen LogP contribution in [0.4, 0.5) is 0 Å². The Morgan fingerprint density at radius 1 is 0.594 bits per heavy atom. The number of benzene rings is 3. The molecule has 0 radical (unpaired) electrons. The Bertz CT molecular complexity index is 1200. The van der Waals surface area contributed by atoms with Crippen LogP contribution in [0.25, 0.3) is 12.2 Å². The first-order valence-electron chi connectivity index (χ1n) is 9.84. The van der Waals surface area contributed by atoms with E-state index in [-0.39, 0.29) is 11.4 Å². The zero-order valence-corrected chi connectivity index (χ0v) is 16.6. The minimum atomic E-state index is -0.896. The smallest absolute Gasteiger partial charge is 0.291 e. The largest absolute Gasteiger partial charge is 0.474 e. The van der Waals surface area contributed by atoms with E-state index in [4.69, 9.17) is 9.47 Å². The van der Waals surface area contributed by atoms with Gasteiger partial charge < -0.3 is 9.47 Å². The van der Waals surface area contributed by atoms with Crippen LogP contribution in [0.1, 0.15) is 34.5 Å². The summed E-state index contributed by atoms with van der Waals surface area (Å²) < 4.78 is 11.8. The van der Waals surface area contributed by atoms with Crippen LogP contribution in [0.15, 0.2) is 84.2 Å². The third kappa shape index (κ3) is 3.37. The van der Waals surface area contributed by atoms with Gasteiger partial charge in [-0.2, -0.15) is 0 Å². The van der Waals surface area contributed by atoms with Crippen LogP contribution >= 0.6 is 0 Å². The van der Waals surface area contributed by atoms with Crippen LogP contribution in [-0.2, 0) is 0 Å². The summed E-state index contributed by atoms with van der Waals surface area (Å²) in [5.41, 5.74) is 2.25. The van der Waals surface area contributed by atoms with Gasteiger partial charge in [-0.15, -0.1) is 0 Å². The molecule has 8 heteroatoms. The second-order valence-electron chi connectivity index (χ2n) is 7.39. The highest BCUT2D eigenvalue weighted by Crippen LogP contribution is 2.40. The molecule has 0 spiro atoms. The Morgan fingerprint density at radius 2 is 0.969 bits per heavy atom. The van der Waals surface area contributed by atoms with E-state index in [0.717, 1.165) is 0 Å². The number of nitro groups is 2. The third-order valence-corrected chi connectivity index (χ3v) is 5.44. The third-order valence-electron chi connectivity index (χ3n) is 5.44. The molecule has 0 N–H and O–H groups in total. The van der Waals surface area contributed by atoms with Gasteiger partial charge in [0, 0.05) is 34.4 Å². The van der Waals surface area contributed by atoms with Gasteiger partial charge in [0.1, 0.15) is 11.5 Å². The lowest BCUT2D eigenvalue weighted by Crippen LogP contribution is -2.21. The molecule has 0 saturated carbocycles. The molecule has 2 atom stereocenters. The standard InChI is InChI=1S/C24H16N2O6/c27-25(28)19-13-17-5-1-3-7-21(17)31-23(19)15-9-11-16(12-10-15)24-20(26(29)30)14-18-6-2-4-8-22(18)32-24/h1-14,23-24H/t23-,24-/m0/s1. The molecule has 2 aliphatic heterocycles. The quantitative estimate of drug-likeness (QED) is 0.418. The zero-order chi connectivity index (χ0) is 22.2. The molecule has 5 rings (SSSR count). The van der Waals surface area contributed by atoms with Gasteiger partial charge in [0.2, 0.25) is 12.2 Å². The normalized spacial score (nSPS) is 18.8. The lowest BCUT2D eigenvalue weighted by molar-refractivity contribution is -0.434. The van der Waals surface area contributed by atoms with E-state index in [1.165, 1.54) is 12.2 Å². The number of hydrogen-bond donors (Lipinski definition) is 0. The second kappa shape index (κ2) is 7.66. The van der Waals surface area contributed by atoms with Gasteiger partial charge in [-0.05, 0) is 12.1 Å². The summed E-state index contributed by atoms with van der Waals surface area (Å²) in [7, 11) is 0. The van der Waals surface area contributed by atoms with Crippen molar-refractivity contribution in [2.45, 2.75) is 12.2 Å². The molecule has 158 valence electrons. The Kier molecular flexibility index (Phi) is 4.67. The molecule has 8 nitrogen and oxygen atoms in total. The molecule has 32 heavy (non-hydrogen) atoms. The molecule has 0 aliphatic carbocycles. The summed E-state index contributed by atoms with van der Waals surface area (Å²) in [5.74, 6) is 1.11. The SMILES string of the molecule is O=[N+]([O-])C1=Cc2ccccc2O[C@H]1c1ccc([C@@H]2Oc3ccccc3C=C2[N+](=O)[O-])cc1. The first-order valence-corrected chi connectivity index (χ1v) is 9.84. The highest BCUT2D eigenvalue weighted by Gasteiger charge is 2.35. The van der Waals surface area contributed by atoms with E-state index in [1.54, 1.807) is 72.8 Å². The van der Waals surface area contributed by atoms with Crippen molar-refractivity contribution < 1.29 is 19.3 Å². The van der Waals surface area contributed by atoms with E-state index < -0.39 is 22.1 Å². The Labute approximate surface area is 182 Å². The van der Waals surface area contributed by atoms with Crippen molar-refractivity contribution in [3.8, 4) is 11.5 Å². The van der Waals surface area contributed by atoms with E-state index in [9.17, 15) is 20.2 Å². The number of ether oxygens (including phenoxy) is 2. The zero-order valence-electron chi connectivity index (χ0n) is 16.6. The van der Waals surface area contributed by atoms with Crippen LogP contribution in [0.5, 0.6) is 11.5 Å². The molecule has 2 heterocycles. The van der Waals surface area contributed by atoms with Crippen molar-refractivity contribution in [3.63, 3.8) is 0 Å². The lowest BCUT2D eigenvalue weighted by atomic mass is 9.97. The maximum Gasteiger partial charge on any atom is 0.291 e. The van der Waals surface area contributed by atoms with Crippen LogP contribution in [-0.4, -0.2) is 9.85 Å². The fourth-order valence-corrected chi connectivity index (χ4v) is 3.88.